The molecule has 3 rings (SSSR count). The predicted octanol–water partition coefficient (Wildman–Crippen LogP) is 4.37. The molecule has 2 saturated carbocycles. The van der Waals surface area contributed by atoms with Crippen LogP contribution in [0.1, 0.15) is 71.8 Å². The van der Waals surface area contributed by atoms with E-state index in [-0.39, 0.29) is 47.4 Å². The smallest absolute Gasteiger partial charge is 0.223 e. The van der Waals surface area contributed by atoms with Crippen LogP contribution in [-0.2, 0) is 11.3 Å². The van der Waals surface area contributed by atoms with Crippen LogP contribution in [0.15, 0.2) is 29.3 Å². The Bertz CT molecular complexity index is 743. The third-order valence-corrected chi connectivity index (χ3v) is 5.45. The van der Waals surface area contributed by atoms with Crippen LogP contribution in [0.3, 0.4) is 0 Å². The number of rotatable bonds is 7. The molecule has 174 valence electrons. The number of halogens is 1. The van der Waals surface area contributed by atoms with Crippen molar-refractivity contribution in [1.29, 1.82) is 0 Å². The van der Waals surface area contributed by atoms with E-state index in [2.05, 4.69) is 49.7 Å². The highest BCUT2D eigenvalue weighted by atomic mass is 127. The van der Waals surface area contributed by atoms with Crippen molar-refractivity contribution in [3.05, 3.63) is 29.8 Å². The van der Waals surface area contributed by atoms with Crippen LogP contribution in [0.25, 0.3) is 0 Å². The predicted molar refractivity (Wildman–Crippen MR) is 137 cm³/mol. The lowest BCUT2D eigenvalue weighted by molar-refractivity contribution is -0.126. The van der Waals surface area contributed by atoms with Gasteiger partial charge in [0.1, 0.15) is 11.4 Å². The van der Waals surface area contributed by atoms with Gasteiger partial charge in [-0.15, -0.1) is 24.0 Å². The normalized spacial score (nSPS) is 21.6. The molecular formula is C24H39IN4O2. The summed E-state index contributed by atoms with van der Waals surface area (Å²) in [5, 5.41) is 10.1. The molecule has 0 aliphatic heterocycles. The molecule has 0 aromatic heterocycles. The number of carbonyl (C=O) groups is 1. The zero-order valence-electron chi connectivity index (χ0n) is 19.4. The molecule has 2 aliphatic rings. The average Bonchev–Trinajstić information content (AvgIpc) is 3.50. The van der Waals surface area contributed by atoms with Gasteiger partial charge in [-0.25, -0.2) is 4.99 Å². The van der Waals surface area contributed by atoms with Crippen molar-refractivity contribution in [3.8, 4) is 5.75 Å². The topological polar surface area (TPSA) is 74.8 Å². The van der Waals surface area contributed by atoms with Gasteiger partial charge in [0.05, 0.1) is 6.54 Å². The molecule has 2 aliphatic carbocycles. The van der Waals surface area contributed by atoms with Gasteiger partial charge in [0, 0.05) is 30.1 Å². The van der Waals surface area contributed by atoms with Gasteiger partial charge in [0.15, 0.2) is 5.96 Å². The molecule has 1 aromatic rings. The van der Waals surface area contributed by atoms with Gasteiger partial charge < -0.3 is 20.7 Å². The van der Waals surface area contributed by atoms with Crippen molar-refractivity contribution in [2.75, 3.05) is 6.54 Å². The standard InChI is InChI=1S/C24H38N4O2.HI/c1-5-25-23(26-16-18-9-6-7-12-21(18)30-24(2,3)4)28-20-11-8-10-17(15-20)22(29)27-19-13-14-19;/h6-7,9,12,17,19-20H,5,8,10-11,13-16H2,1-4H3,(H,27,29)(H2,25,26,28);1H. The largest absolute Gasteiger partial charge is 0.488 e. The summed E-state index contributed by atoms with van der Waals surface area (Å²) < 4.78 is 6.10. The molecular weight excluding hydrogens is 503 g/mol. The van der Waals surface area contributed by atoms with Gasteiger partial charge in [0.25, 0.3) is 0 Å². The van der Waals surface area contributed by atoms with E-state index in [1.807, 2.05) is 18.2 Å². The Morgan fingerprint density at radius 1 is 1.10 bits per heavy atom. The van der Waals surface area contributed by atoms with E-state index < -0.39 is 0 Å². The van der Waals surface area contributed by atoms with Crippen LogP contribution in [0.5, 0.6) is 5.75 Å². The van der Waals surface area contributed by atoms with Gasteiger partial charge in [0.2, 0.25) is 5.91 Å². The lowest BCUT2D eigenvalue weighted by Gasteiger charge is -2.30. The highest BCUT2D eigenvalue weighted by molar-refractivity contribution is 14.0. The summed E-state index contributed by atoms with van der Waals surface area (Å²) in [6, 6.07) is 8.78. The molecule has 3 N–H and O–H groups in total. The van der Waals surface area contributed by atoms with E-state index in [0.717, 1.165) is 62.3 Å². The van der Waals surface area contributed by atoms with E-state index in [1.165, 1.54) is 0 Å². The van der Waals surface area contributed by atoms with Crippen molar-refractivity contribution in [3.63, 3.8) is 0 Å². The van der Waals surface area contributed by atoms with Gasteiger partial charge >= 0.3 is 0 Å². The maximum absolute atomic E-state index is 12.5. The number of ether oxygens (including phenoxy) is 1. The quantitative estimate of drug-likeness (QED) is 0.272. The Labute approximate surface area is 204 Å². The molecule has 2 atom stereocenters. The lowest BCUT2D eigenvalue weighted by Crippen LogP contribution is -2.47. The van der Waals surface area contributed by atoms with Crippen molar-refractivity contribution >= 4 is 35.8 Å². The zero-order chi connectivity index (χ0) is 21.6. The molecule has 6 nitrogen and oxygen atoms in total. The van der Waals surface area contributed by atoms with Gasteiger partial charge in [-0.3, -0.25) is 4.79 Å². The average molecular weight is 543 g/mol. The summed E-state index contributed by atoms with van der Waals surface area (Å²) in [6.45, 7) is 9.57. The highest BCUT2D eigenvalue weighted by Gasteiger charge is 2.31. The summed E-state index contributed by atoms with van der Waals surface area (Å²) in [5.74, 6) is 2.02. The lowest BCUT2D eigenvalue weighted by atomic mass is 9.85. The monoisotopic (exact) mass is 542 g/mol. The molecule has 1 amide bonds. The number of carbonyl (C=O) groups excluding carboxylic acids is 1. The van der Waals surface area contributed by atoms with Crippen molar-refractivity contribution < 1.29 is 9.53 Å². The van der Waals surface area contributed by atoms with Crippen molar-refractivity contribution in [2.45, 2.75) is 90.4 Å². The molecule has 31 heavy (non-hydrogen) atoms. The minimum Gasteiger partial charge on any atom is -0.488 e. The molecule has 0 radical (unpaired) electrons. The number of nitrogens with one attached hydrogen (secondary N) is 3. The number of benzene rings is 1. The number of para-hydroxylation sites is 1. The van der Waals surface area contributed by atoms with Crippen LogP contribution in [0.2, 0.25) is 0 Å². The molecule has 0 bridgehead atoms. The zero-order valence-corrected chi connectivity index (χ0v) is 21.7. The fourth-order valence-corrected chi connectivity index (χ4v) is 3.85. The van der Waals surface area contributed by atoms with Crippen LogP contribution in [0, 0.1) is 5.92 Å². The van der Waals surface area contributed by atoms with E-state index in [1.54, 1.807) is 0 Å². The van der Waals surface area contributed by atoms with Gasteiger partial charge in [-0.2, -0.15) is 0 Å². The number of aliphatic imine (C=N–C) groups is 1. The SMILES string of the molecule is CCNC(=NCc1ccccc1OC(C)(C)C)NC1CCCC(C(=O)NC2CC2)C1.I. The Morgan fingerprint density at radius 3 is 2.52 bits per heavy atom. The summed E-state index contributed by atoms with van der Waals surface area (Å²) in [6.07, 6.45) is 6.27. The first kappa shape index (κ1) is 25.7. The fraction of sp³-hybridized carbons (Fsp3) is 0.667. The first-order valence-electron chi connectivity index (χ1n) is 11.5. The maximum Gasteiger partial charge on any atom is 0.223 e. The second-order valence-corrected chi connectivity index (χ2v) is 9.50. The molecule has 1 aromatic carbocycles. The van der Waals surface area contributed by atoms with Crippen LogP contribution < -0.4 is 20.7 Å². The number of hydrogen-bond donors (Lipinski definition) is 3. The van der Waals surface area contributed by atoms with Crippen molar-refractivity contribution in [2.24, 2.45) is 10.9 Å². The van der Waals surface area contributed by atoms with E-state index >= 15 is 0 Å². The Hall–Kier alpha value is -1.51. The van der Waals surface area contributed by atoms with Gasteiger partial charge in [-0.05, 0) is 65.9 Å². The molecule has 2 unspecified atom stereocenters. The first-order valence-corrected chi connectivity index (χ1v) is 11.5. The minimum absolute atomic E-state index is 0. The van der Waals surface area contributed by atoms with E-state index in [0.29, 0.717) is 12.6 Å². The van der Waals surface area contributed by atoms with E-state index in [9.17, 15) is 4.79 Å². The molecule has 0 heterocycles. The molecule has 7 heteroatoms. The Kier molecular flexibility index (Phi) is 9.90. The number of guanidine groups is 1. The van der Waals surface area contributed by atoms with Crippen LogP contribution in [-0.4, -0.2) is 36.1 Å². The number of hydrogen-bond acceptors (Lipinski definition) is 3. The summed E-state index contributed by atoms with van der Waals surface area (Å²) in [4.78, 5) is 17.3. The molecule has 2 fully saturated rings. The highest BCUT2D eigenvalue weighted by Crippen LogP contribution is 2.27. The maximum atomic E-state index is 12.5. The second kappa shape index (κ2) is 11.9. The number of amides is 1. The van der Waals surface area contributed by atoms with Crippen LogP contribution in [0.4, 0.5) is 0 Å². The summed E-state index contributed by atoms with van der Waals surface area (Å²) in [5.41, 5.74) is 0.815. The van der Waals surface area contributed by atoms with Crippen LogP contribution >= 0.6 is 24.0 Å². The number of nitrogens with zero attached hydrogens (tertiary/aromatic N) is 1. The fourth-order valence-electron chi connectivity index (χ4n) is 3.85. The van der Waals surface area contributed by atoms with Gasteiger partial charge in [-0.1, -0.05) is 24.6 Å². The third-order valence-electron chi connectivity index (χ3n) is 5.45. The molecule has 0 spiro atoms. The second-order valence-electron chi connectivity index (χ2n) is 9.50. The molecule has 0 saturated heterocycles. The Morgan fingerprint density at radius 2 is 1.84 bits per heavy atom. The van der Waals surface area contributed by atoms with Crippen molar-refractivity contribution in [1.82, 2.24) is 16.0 Å². The first-order chi connectivity index (χ1) is 14.3. The third kappa shape index (κ3) is 8.86. The minimum atomic E-state index is -0.249. The Balaban J connectivity index is 0.00000341. The summed E-state index contributed by atoms with van der Waals surface area (Å²) in [7, 11) is 0. The van der Waals surface area contributed by atoms with E-state index in [4.69, 9.17) is 9.73 Å². The summed E-state index contributed by atoms with van der Waals surface area (Å²) >= 11 is 0.